The van der Waals surface area contributed by atoms with E-state index in [-0.39, 0.29) is 0 Å². The van der Waals surface area contributed by atoms with Gasteiger partial charge >= 0.3 is 0 Å². The molecule has 1 fully saturated rings. The number of hydrogen-bond acceptors (Lipinski definition) is 5. The largest absolute Gasteiger partial charge is 0.382 e. The topological polar surface area (TPSA) is 83.7 Å². The van der Waals surface area contributed by atoms with E-state index in [0.29, 0.717) is 22.9 Å². The Kier molecular flexibility index (Phi) is 3.57. The first-order chi connectivity index (χ1) is 11.3. The summed E-state index contributed by atoms with van der Waals surface area (Å²) >= 11 is 0. The Morgan fingerprint density at radius 3 is 2.70 bits per heavy atom. The van der Waals surface area contributed by atoms with E-state index >= 15 is 0 Å². The molecule has 1 aromatic carbocycles. The number of H-pyrrole nitrogens is 1. The number of nitrogens with zero attached hydrogens (tertiary/aromatic N) is 4. The summed E-state index contributed by atoms with van der Waals surface area (Å²) in [6.45, 7) is 1.93. The van der Waals surface area contributed by atoms with Crippen LogP contribution in [-0.4, -0.2) is 33.0 Å². The Hall–Kier alpha value is -2.63. The van der Waals surface area contributed by atoms with E-state index in [1.54, 1.807) is 6.33 Å². The van der Waals surface area contributed by atoms with Gasteiger partial charge in [-0.1, -0.05) is 30.3 Å². The normalized spacial score (nSPS) is 16.1. The summed E-state index contributed by atoms with van der Waals surface area (Å²) in [5.41, 5.74) is 8.76. The molecule has 2 aromatic heterocycles. The second-order valence-corrected chi connectivity index (χ2v) is 6.13. The number of nitrogens with two attached hydrogens (primary N) is 1. The maximum atomic E-state index is 5.99. The number of piperidine rings is 1. The number of hydrogen-bond donors (Lipinski definition) is 2. The molecular formula is C17H20N6. The van der Waals surface area contributed by atoms with Crippen LogP contribution >= 0.6 is 0 Å². The van der Waals surface area contributed by atoms with Gasteiger partial charge in [0.05, 0.1) is 6.33 Å². The fraction of sp³-hybridized carbons (Fsp3) is 0.353. The summed E-state index contributed by atoms with van der Waals surface area (Å²) < 4.78 is 0. The van der Waals surface area contributed by atoms with Gasteiger partial charge in [-0.3, -0.25) is 0 Å². The molecule has 4 rings (SSSR count). The van der Waals surface area contributed by atoms with Crippen LogP contribution in [0.15, 0.2) is 36.7 Å². The smallest absolute Gasteiger partial charge is 0.229 e. The van der Waals surface area contributed by atoms with Gasteiger partial charge in [-0.05, 0) is 30.7 Å². The number of aromatic amines is 1. The Bertz CT molecular complexity index is 789. The quantitative estimate of drug-likeness (QED) is 0.776. The molecule has 3 N–H and O–H groups in total. The molecule has 3 aromatic rings. The number of rotatable bonds is 3. The zero-order chi connectivity index (χ0) is 15.6. The Morgan fingerprint density at radius 2 is 1.91 bits per heavy atom. The lowest BCUT2D eigenvalue weighted by Crippen LogP contribution is -2.35. The summed E-state index contributed by atoms with van der Waals surface area (Å²) in [5, 5.41) is 0. The molecular weight excluding hydrogens is 288 g/mol. The van der Waals surface area contributed by atoms with E-state index in [0.717, 1.165) is 38.3 Å². The predicted molar refractivity (Wildman–Crippen MR) is 91.2 cm³/mol. The van der Waals surface area contributed by atoms with Crippen LogP contribution in [0.4, 0.5) is 11.8 Å². The molecule has 0 radical (unpaired) electrons. The molecule has 0 saturated carbocycles. The molecule has 0 unspecified atom stereocenters. The van der Waals surface area contributed by atoms with E-state index in [9.17, 15) is 0 Å². The van der Waals surface area contributed by atoms with Crippen molar-refractivity contribution >= 4 is 22.9 Å². The van der Waals surface area contributed by atoms with Crippen molar-refractivity contribution in [3.05, 3.63) is 42.2 Å². The van der Waals surface area contributed by atoms with E-state index in [4.69, 9.17) is 5.73 Å². The maximum absolute atomic E-state index is 5.99. The first kappa shape index (κ1) is 14.0. The number of imidazole rings is 1. The van der Waals surface area contributed by atoms with Crippen molar-refractivity contribution in [1.82, 2.24) is 19.9 Å². The van der Waals surface area contributed by atoms with Gasteiger partial charge in [0.25, 0.3) is 0 Å². The summed E-state index contributed by atoms with van der Waals surface area (Å²) in [5.74, 6) is 1.88. The Morgan fingerprint density at radius 1 is 1.13 bits per heavy atom. The lowest BCUT2D eigenvalue weighted by atomic mass is 9.90. The fourth-order valence-electron chi connectivity index (χ4n) is 3.27. The first-order valence-corrected chi connectivity index (χ1v) is 8.05. The molecule has 0 atom stereocenters. The van der Waals surface area contributed by atoms with Gasteiger partial charge in [-0.25, -0.2) is 4.98 Å². The van der Waals surface area contributed by atoms with Crippen LogP contribution in [0, 0.1) is 5.92 Å². The van der Waals surface area contributed by atoms with Gasteiger partial charge in [0.1, 0.15) is 5.52 Å². The highest BCUT2D eigenvalue weighted by Crippen LogP contribution is 2.25. The van der Waals surface area contributed by atoms with Gasteiger partial charge in [0, 0.05) is 13.1 Å². The lowest BCUT2D eigenvalue weighted by Gasteiger charge is -2.32. The van der Waals surface area contributed by atoms with Gasteiger partial charge in [-0.15, -0.1) is 0 Å². The summed E-state index contributed by atoms with van der Waals surface area (Å²) in [4.78, 5) is 18.3. The van der Waals surface area contributed by atoms with Crippen molar-refractivity contribution in [1.29, 1.82) is 0 Å². The molecule has 0 aliphatic carbocycles. The second kappa shape index (κ2) is 5.87. The third-order valence-electron chi connectivity index (χ3n) is 4.57. The molecule has 23 heavy (non-hydrogen) atoms. The Balaban J connectivity index is 1.44. The molecule has 0 spiro atoms. The minimum atomic E-state index is 0.467. The minimum Gasteiger partial charge on any atom is -0.382 e. The first-order valence-electron chi connectivity index (χ1n) is 8.05. The zero-order valence-electron chi connectivity index (χ0n) is 12.9. The van der Waals surface area contributed by atoms with Gasteiger partial charge in [0.2, 0.25) is 5.95 Å². The Labute approximate surface area is 134 Å². The van der Waals surface area contributed by atoms with Crippen LogP contribution in [0.25, 0.3) is 11.2 Å². The van der Waals surface area contributed by atoms with Crippen LogP contribution in [0.5, 0.6) is 0 Å². The molecule has 0 amide bonds. The van der Waals surface area contributed by atoms with Crippen LogP contribution in [-0.2, 0) is 6.42 Å². The maximum Gasteiger partial charge on any atom is 0.229 e. The van der Waals surface area contributed by atoms with Crippen LogP contribution in [0.3, 0.4) is 0 Å². The van der Waals surface area contributed by atoms with Crippen LogP contribution < -0.4 is 10.6 Å². The van der Waals surface area contributed by atoms with E-state index in [1.165, 1.54) is 5.56 Å². The van der Waals surface area contributed by atoms with Crippen LogP contribution in [0.1, 0.15) is 18.4 Å². The fourth-order valence-corrected chi connectivity index (χ4v) is 3.27. The lowest BCUT2D eigenvalue weighted by molar-refractivity contribution is 0.401. The standard InChI is InChI=1S/C17H20N6/c18-15-14-16(20-11-19-14)22-17(21-15)23-8-6-13(7-9-23)10-12-4-2-1-3-5-12/h1-5,11,13H,6-10H2,(H3,18,19,20,21,22). The molecule has 1 aliphatic heterocycles. The van der Waals surface area contributed by atoms with Crippen molar-refractivity contribution < 1.29 is 0 Å². The molecule has 6 heteroatoms. The zero-order valence-corrected chi connectivity index (χ0v) is 12.9. The highest BCUT2D eigenvalue weighted by Gasteiger charge is 2.22. The van der Waals surface area contributed by atoms with Crippen molar-refractivity contribution in [2.45, 2.75) is 19.3 Å². The van der Waals surface area contributed by atoms with E-state index in [1.807, 2.05) is 0 Å². The highest BCUT2D eigenvalue weighted by atomic mass is 15.3. The number of benzene rings is 1. The summed E-state index contributed by atoms with van der Waals surface area (Å²) in [6.07, 6.45) is 5.05. The molecule has 3 heterocycles. The monoisotopic (exact) mass is 308 g/mol. The number of anilines is 2. The summed E-state index contributed by atoms with van der Waals surface area (Å²) in [7, 11) is 0. The molecule has 118 valence electrons. The molecule has 6 nitrogen and oxygen atoms in total. The number of aromatic nitrogens is 4. The average molecular weight is 308 g/mol. The third-order valence-corrected chi connectivity index (χ3v) is 4.57. The van der Waals surface area contributed by atoms with Crippen molar-refractivity contribution in [2.75, 3.05) is 23.7 Å². The van der Waals surface area contributed by atoms with Crippen molar-refractivity contribution in [3.63, 3.8) is 0 Å². The summed E-state index contributed by atoms with van der Waals surface area (Å²) in [6, 6.07) is 10.7. The second-order valence-electron chi connectivity index (χ2n) is 6.13. The van der Waals surface area contributed by atoms with E-state index in [2.05, 4.69) is 55.2 Å². The van der Waals surface area contributed by atoms with Crippen molar-refractivity contribution in [3.8, 4) is 0 Å². The molecule has 1 saturated heterocycles. The van der Waals surface area contributed by atoms with E-state index < -0.39 is 0 Å². The SMILES string of the molecule is Nc1nc(N2CCC(Cc3ccccc3)CC2)nc2nc[nH]c12. The van der Waals surface area contributed by atoms with Gasteiger partial charge < -0.3 is 15.6 Å². The number of nitrogens with one attached hydrogen (secondary N) is 1. The minimum absolute atomic E-state index is 0.467. The number of nitrogen functional groups attached to an aromatic ring is 1. The van der Waals surface area contributed by atoms with Crippen molar-refractivity contribution in [2.24, 2.45) is 5.92 Å². The molecule has 0 bridgehead atoms. The molecule has 1 aliphatic rings. The van der Waals surface area contributed by atoms with Gasteiger partial charge in [0.15, 0.2) is 11.5 Å². The number of fused-ring (bicyclic) bond motifs is 1. The predicted octanol–water partition coefficient (Wildman–Crippen LogP) is 2.39. The highest BCUT2D eigenvalue weighted by molar-refractivity contribution is 5.82. The average Bonchev–Trinajstić information content (AvgIpc) is 3.06. The third kappa shape index (κ3) is 2.84. The van der Waals surface area contributed by atoms with Gasteiger partial charge in [-0.2, -0.15) is 9.97 Å². The van der Waals surface area contributed by atoms with Crippen LogP contribution in [0.2, 0.25) is 0 Å².